The number of hydrogen-bond acceptors (Lipinski definition) is 4. The summed E-state index contributed by atoms with van der Waals surface area (Å²) in [6, 6.07) is 9.50. The van der Waals surface area contributed by atoms with Crippen LogP contribution in [0.15, 0.2) is 48.8 Å². The van der Waals surface area contributed by atoms with Gasteiger partial charge in [-0.15, -0.1) is 0 Å². The van der Waals surface area contributed by atoms with Crippen molar-refractivity contribution in [2.24, 2.45) is 11.8 Å². The average Bonchev–Trinajstić information content (AvgIpc) is 3.04. The van der Waals surface area contributed by atoms with Crippen molar-refractivity contribution < 1.29 is 14.7 Å². The number of nitrogens with one attached hydrogen (secondary N) is 1. The Hall–Kier alpha value is -3.15. The van der Waals surface area contributed by atoms with Gasteiger partial charge in [0.05, 0.1) is 5.69 Å². The number of amides is 1. The van der Waals surface area contributed by atoms with Crippen LogP contribution < -0.4 is 5.32 Å². The number of ketones is 1. The standard InChI is InChI=1S/C20H21N3O3/c1-12(2)13(3)19(25)17-11-23-10-15(6-9-18(23)22-17)21-20(26)14-4-7-16(24)8-5-14/h4-13,24H,1-3H3,(H,21,26). The molecule has 0 radical (unpaired) electrons. The maximum absolute atomic E-state index is 12.5. The summed E-state index contributed by atoms with van der Waals surface area (Å²) < 4.78 is 1.73. The lowest BCUT2D eigenvalue weighted by molar-refractivity contribution is 0.0894. The van der Waals surface area contributed by atoms with E-state index >= 15 is 0 Å². The number of pyridine rings is 1. The number of aromatic hydroxyl groups is 1. The van der Waals surface area contributed by atoms with Gasteiger partial charge in [-0.05, 0) is 42.3 Å². The van der Waals surface area contributed by atoms with Gasteiger partial charge in [0.15, 0.2) is 5.78 Å². The molecule has 0 aliphatic rings. The molecule has 1 unspecified atom stereocenters. The van der Waals surface area contributed by atoms with E-state index in [-0.39, 0.29) is 29.3 Å². The summed E-state index contributed by atoms with van der Waals surface area (Å²) in [5.41, 5.74) is 2.10. The number of carbonyl (C=O) groups excluding carboxylic acids is 2. The number of imidazole rings is 1. The molecule has 3 rings (SSSR count). The lowest BCUT2D eigenvalue weighted by atomic mass is 9.92. The summed E-state index contributed by atoms with van der Waals surface area (Å²) in [5.74, 6) is -0.0252. The number of nitrogens with zero attached hydrogens (tertiary/aromatic N) is 2. The van der Waals surface area contributed by atoms with E-state index in [1.165, 1.54) is 12.1 Å². The summed E-state index contributed by atoms with van der Waals surface area (Å²) in [7, 11) is 0. The molecule has 6 heteroatoms. The average molecular weight is 351 g/mol. The van der Waals surface area contributed by atoms with E-state index < -0.39 is 0 Å². The van der Waals surface area contributed by atoms with E-state index in [0.717, 1.165) is 0 Å². The molecule has 0 aliphatic heterocycles. The summed E-state index contributed by atoms with van der Waals surface area (Å²) in [4.78, 5) is 29.1. The number of carbonyl (C=O) groups is 2. The number of Topliss-reactive ketones (excluding diaryl/α,β-unsaturated/α-hetero) is 1. The number of anilines is 1. The molecular formula is C20H21N3O3. The van der Waals surface area contributed by atoms with Crippen LogP contribution in [0.1, 0.15) is 41.6 Å². The van der Waals surface area contributed by atoms with Crippen LogP contribution in [0.3, 0.4) is 0 Å². The quantitative estimate of drug-likeness (QED) is 0.686. The zero-order chi connectivity index (χ0) is 18.8. The molecule has 2 N–H and O–H groups in total. The molecule has 0 bridgehead atoms. The van der Waals surface area contributed by atoms with Gasteiger partial charge in [0.25, 0.3) is 5.91 Å². The fourth-order valence-electron chi connectivity index (χ4n) is 2.54. The molecule has 0 saturated carbocycles. The van der Waals surface area contributed by atoms with Gasteiger partial charge >= 0.3 is 0 Å². The number of phenolic OH excluding ortho intramolecular Hbond substituents is 1. The van der Waals surface area contributed by atoms with Crippen molar-refractivity contribution in [2.45, 2.75) is 20.8 Å². The topological polar surface area (TPSA) is 83.7 Å². The molecule has 0 fully saturated rings. The third kappa shape index (κ3) is 3.59. The van der Waals surface area contributed by atoms with Crippen LogP contribution in [-0.2, 0) is 0 Å². The maximum Gasteiger partial charge on any atom is 0.255 e. The zero-order valence-corrected chi connectivity index (χ0v) is 14.9. The highest BCUT2D eigenvalue weighted by molar-refractivity contribution is 6.04. The Kier molecular flexibility index (Phi) is 4.75. The minimum atomic E-state index is -0.283. The van der Waals surface area contributed by atoms with E-state index in [2.05, 4.69) is 10.3 Å². The van der Waals surface area contributed by atoms with E-state index in [9.17, 15) is 14.7 Å². The van der Waals surface area contributed by atoms with Crippen LogP contribution in [0.4, 0.5) is 5.69 Å². The van der Waals surface area contributed by atoms with Crippen molar-refractivity contribution in [3.8, 4) is 5.75 Å². The Morgan fingerprint density at radius 2 is 1.73 bits per heavy atom. The third-order valence-corrected chi connectivity index (χ3v) is 4.50. The number of hydrogen-bond donors (Lipinski definition) is 2. The summed E-state index contributed by atoms with van der Waals surface area (Å²) in [5, 5.41) is 12.1. The Balaban J connectivity index is 1.82. The second-order valence-electron chi connectivity index (χ2n) is 6.71. The molecule has 6 nitrogen and oxygen atoms in total. The van der Waals surface area contributed by atoms with Crippen molar-refractivity contribution in [2.75, 3.05) is 5.32 Å². The first-order valence-electron chi connectivity index (χ1n) is 8.48. The van der Waals surface area contributed by atoms with Crippen molar-refractivity contribution in [1.29, 1.82) is 0 Å². The summed E-state index contributed by atoms with van der Waals surface area (Å²) >= 11 is 0. The Labute approximate surface area is 151 Å². The van der Waals surface area contributed by atoms with Gasteiger partial charge in [-0.3, -0.25) is 9.59 Å². The minimum Gasteiger partial charge on any atom is -0.508 e. The first kappa shape index (κ1) is 17.7. The molecule has 26 heavy (non-hydrogen) atoms. The Morgan fingerprint density at radius 1 is 1.04 bits per heavy atom. The normalized spacial score (nSPS) is 12.3. The van der Waals surface area contributed by atoms with Gasteiger partial charge in [-0.25, -0.2) is 4.98 Å². The van der Waals surface area contributed by atoms with Gasteiger partial charge in [-0.2, -0.15) is 0 Å². The molecule has 0 spiro atoms. The van der Waals surface area contributed by atoms with Gasteiger partial charge < -0.3 is 14.8 Å². The Bertz CT molecular complexity index is 958. The van der Waals surface area contributed by atoms with Gasteiger partial charge in [0.1, 0.15) is 17.1 Å². The van der Waals surface area contributed by atoms with E-state index in [4.69, 9.17) is 0 Å². The predicted octanol–water partition coefficient (Wildman–Crippen LogP) is 3.77. The summed E-state index contributed by atoms with van der Waals surface area (Å²) in [6.45, 7) is 5.92. The van der Waals surface area contributed by atoms with E-state index in [0.29, 0.717) is 22.6 Å². The van der Waals surface area contributed by atoms with E-state index in [1.54, 1.807) is 41.1 Å². The molecule has 2 aromatic heterocycles. The molecule has 2 heterocycles. The van der Waals surface area contributed by atoms with Crippen molar-refractivity contribution in [3.05, 3.63) is 60.0 Å². The molecular weight excluding hydrogens is 330 g/mol. The van der Waals surface area contributed by atoms with Crippen LogP contribution in [0.2, 0.25) is 0 Å². The summed E-state index contributed by atoms with van der Waals surface area (Å²) in [6.07, 6.45) is 3.41. The van der Waals surface area contributed by atoms with Crippen LogP contribution in [0.25, 0.3) is 5.65 Å². The lowest BCUT2D eigenvalue weighted by Crippen LogP contribution is -2.17. The highest BCUT2D eigenvalue weighted by Gasteiger charge is 2.21. The van der Waals surface area contributed by atoms with Crippen molar-refractivity contribution in [3.63, 3.8) is 0 Å². The fraction of sp³-hybridized carbons (Fsp3) is 0.250. The molecule has 3 aromatic rings. The minimum absolute atomic E-state index is 0.0124. The van der Waals surface area contributed by atoms with Crippen molar-refractivity contribution >= 4 is 23.0 Å². The van der Waals surface area contributed by atoms with Crippen molar-refractivity contribution in [1.82, 2.24) is 9.38 Å². The van der Waals surface area contributed by atoms with Gasteiger partial charge in [-0.1, -0.05) is 20.8 Å². The molecule has 0 aliphatic carbocycles. The van der Waals surface area contributed by atoms with E-state index in [1.807, 2.05) is 20.8 Å². The number of phenols is 1. The largest absolute Gasteiger partial charge is 0.508 e. The number of aromatic nitrogens is 2. The van der Waals surface area contributed by atoms with Gasteiger partial charge in [0.2, 0.25) is 0 Å². The second kappa shape index (κ2) is 7.00. The molecule has 1 amide bonds. The molecule has 1 aromatic carbocycles. The highest BCUT2D eigenvalue weighted by Crippen LogP contribution is 2.19. The second-order valence-corrected chi connectivity index (χ2v) is 6.71. The fourth-order valence-corrected chi connectivity index (χ4v) is 2.54. The van der Waals surface area contributed by atoms with Crippen LogP contribution in [-0.4, -0.2) is 26.2 Å². The van der Waals surface area contributed by atoms with Gasteiger partial charge in [0, 0.05) is 23.9 Å². The Morgan fingerprint density at radius 3 is 2.38 bits per heavy atom. The SMILES string of the molecule is CC(C)C(C)C(=O)c1cn2cc(NC(=O)c3ccc(O)cc3)ccc2n1. The molecule has 134 valence electrons. The smallest absolute Gasteiger partial charge is 0.255 e. The lowest BCUT2D eigenvalue weighted by Gasteiger charge is -2.11. The van der Waals surface area contributed by atoms with Crippen LogP contribution in [0, 0.1) is 11.8 Å². The zero-order valence-electron chi connectivity index (χ0n) is 14.9. The molecule has 0 saturated heterocycles. The monoisotopic (exact) mass is 351 g/mol. The number of rotatable bonds is 5. The third-order valence-electron chi connectivity index (χ3n) is 4.50. The highest BCUT2D eigenvalue weighted by atomic mass is 16.3. The predicted molar refractivity (Wildman–Crippen MR) is 99.6 cm³/mol. The van der Waals surface area contributed by atoms with Crippen LogP contribution >= 0.6 is 0 Å². The first-order chi connectivity index (χ1) is 12.3. The maximum atomic E-state index is 12.5. The molecule has 1 atom stereocenters. The first-order valence-corrected chi connectivity index (χ1v) is 8.48. The number of fused-ring (bicyclic) bond motifs is 1. The number of benzene rings is 1. The van der Waals surface area contributed by atoms with Crippen LogP contribution in [0.5, 0.6) is 5.75 Å².